The average molecular weight is 309 g/mol. The van der Waals surface area contributed by atoms with E-state index in [2.05, 4.69) is 53.4 Å². The Bertz CT molecular complexity index is 441. The number of nitrogens with one attached hydrogen (secondary N) is 2. The number of hydrogen-bond donors (Lipinski definition) is 2. The molecule has 0 aliphatic heterocycles. The number of likely N-dealkylation sites (N-methyl/N-ethyl adjacent to an activating group) is 1. The minimum Gasteiger partial charge on any atom is -0.359 e. The molecule has 126 valence electrons. The smallest absolute Gasteiger partial charge is 0.191 e. The lowest BCUT2D eigenvalue weighted by molar-refractivity contribution is 0.293. The molecule has 2 N–H and O–H groups in total. The molecule has 0 aliphatic carbocycles. The molecule has 1 aromatic rings. The third-order valence-electron chi connectivity index (χ3n) is 3.53. The molecule has 0 amide bonds. The van der Waals surface area contributed by atoms with Gasteiger partial charge in [-0.3, -0.25) is 4.99 Å². The van der Waals surface area contributed by atoms with E-state index in [1.54, 1.807) is 7.05 Å². The molecule has 1 rings (SSSR count). The summed E-state index contributed by atoms with van der Waals surface area (Å²) in [4.78, 5) is 6.65. The normalized spacial score (nSPS) is 12.2. The standard InChI is InChI=1S/C16H31N5O/c1-6-9-21(7-2)10-8-18-16(17-5)19-12-14-11-15(13(3)4)20-22-14/h11,13H,6-10,12H2,1-5H3,(H2,17,18,19). The number of aromatic nitrogens is 1. The van der Waals surface area contributed by atoms with Crippen LogP contribution in [0.25, 0.3) is 0 Å². The van der Waals surface area contributed by atoms with Crippen molar-refractivity contribution in [3.8, 4) is 0 Å². The highest BCUT2D eigenvalue weighted by Gasteiger charge is 2.08. The summed E-state index contributed by atoms with van der Waals surface area (Å²) in [5.74, 6) is 2.00. The molecule has 1 heterocycles. The van der Waals surface area contributed by atoms with Gasteiger partial charge in [-0.2, -0.15) is 0 Å². The van der Waals surface area contributed by atoms with Crippen molar-refractivity contribution in [3.63, 3.8) is 0 Å². The molecular weight excluding hydrogens is 278 g/mol. The van der Waals surface area contributed by atoms with Crippen molar-refractivity contribution >= 4 is 5.96 Å². The van der Waals surface area contributed by atoms with Gasteiger partial charge in [-0.15, -0.1) is 0 Å². The molecule has 6 heteroatoms. The molecule has 0 aliphatic rings. The van der Waals surface area contributed by atoms with Gasteiger partial charge in [0.25, 0.3) is 0 Å². The van der Waals surface area contributed by atoms with Gasteiger partial charge in [0.2, 0.25) is 0 Å². The van der Waals surface area contributed by atoms with Crippen molar-refractivity contribution in [2.75, 3.05) is 33.2 Å². The average Bonchev–Trinajstić information content (AvgIpc) is 2.98. The van der Waals surface area contributed by atoms with E-state index in [0.29, 0.717) is 12.5 Å². The molecule has 6 nitrogen and oxygen atoms in total. The summed E-state index contributed by atoms with van der Waals surface area (Å²) >= 11 is 0. The molecule has 0 aromatic carbocycles. The lowest BCUT2D eigenvalue weighted by Gasteiger charge is -2.20. The molecule has 0 saturated heterocycles. The highest BCUT2D eigenvalue weighted by atomic mass is 16.5. The summed E-state index contributed by atoms with van der Waals surface area (Å²) < 4.78 is 5.31. The summed E-state index contributed by atoms with van der Waals surface area (Å²) in [7, 11) is 1.78. The van der Waals surface area contributed by atoms with Crippen LogP contribution in [-0.2, 0) is 6.54 Å². The van der Waals surface area contributed by atoms with E-state index in [9.17, 15) is 0 Å². The first-order valence-electron chi connectivity index (χ1n) is 8.23. The van der Waals surface area contributed by atoms with Crippen molar-refractivity contribution in [2.24, 2.45) is 4.99 Å². The number of hydrogen-bond acceptors (Lipinski definition) is 4. The largest absolute Gasteiger partial charge is 0.359 e. The summed E-state index contributed by atoms with van der Waals surface area (Å²) in [6.45, 7) is 13.3. The van der Waals surface area contributed by atoms with Gasteiger partial charge in [0.1, 0.15) is 0 Å². The lowest BCUT2D eigenvalue weighted by atomic mass is 10.1. The second kappa shape index (κ2) is 10.2. The molecule has 0 radical (unpaired) electrons. The first kappa shape index (κ1) is 18.5. The van der Waals surface area contributed by atoms with E-state index in [0.717, 1.165) is 43.6 Å². The van der Waals surface area contributed by atoms with Crippen LogP contribution in [0.3, 0.4) is 0 Å². The van der Waals surface area contributed by atoms with Crippen LogP contribution in [0, 0.1) is 0 Å². The molecule has 0 fully saturated rings. The fourth-order valence-electron chi connectivity index (χ4n) is 2.15. The minimum absolute atomic E-state index is 0.383. The highest BCUT2D eigenvalue weighted by Crippen LogP contribution is 2.13. The monoisotopic (exact) mass is 309 g/mol. The third kappa shape index (κ3) is 6.47. The number of nitrogens with zero attached hydrogens (tertiary/aromatic N) is 3. The topological polar surface area (TPSA) is 65.7 Å². The molecule has 0 atom stereocenters. The Morgan fingerprint density at radius 1 is 1.32 bits per heavy atom. The van der Waals surface area contributed by atoms with Gasteiger partial charge in [0.15, 0.2) is 11.7 Å². The van der Waals surface area contributed by atoms with Crippen molar-refractivity contribution in [2.45, 2.75) is 46.6 Å². The molecule has 0 unspecified atom stereocenters. The Kier molecular flexibility index (Phi) is 8.58. The Morgan fingerprint density at radius 3 is 2.64 bits per heavy atom. The van der Waals surface area contributed by atoms with E-state index in [4.69, 9.17) is 4.52 Å². The summed E-state index contributed by atoms with van der Waals surface area (Å²) in [6.07, 6.45) is 1.19. The van der Waals surface area contributed by atoms with Crippen LogP contribution in [0.15, 0.2) is 15.6 Å². The van der Waals surface area contributed by atoms with Crippen molar-refractivity contribution < 1.29 is 4.52 Å². The van der Waals surface area contributed by atoms with E-state index in [1.165, 1.54) is 6.42 Å². The molecule has 0 bridgehead atoms. The zero-order valence-electron chi connectivity index (χ0n) is 14.6. The Hall–Kier alpha value is -1.56. The fraction of sp³-hybridized carbons (Fsp3) is 0.750. The van der Waals surface area contributed by atoms with Gasteiger partial charge in [0.05, 0.1) is 12.2 Å². The van der Waals surface area contributed by atoms with Gasteiger partial charge in [-0.1, -0.05) is 32.9 Å². The van der Waals surface area contributed by atoms with Gasteiger partial charge in [-0.05, 0) is 25.4 Å². The number of aliphatic imine (C=N–C) groups is 1. The molecule has 1 aromatic heterocycles. The third-order valence-corrected chi connectivity index (χ3v) is 3.53. The maximum absolute atomic E-state index is 5.31. The maximum Gasteiger partial charge on any atom is 0.191 e. The predicted octanol–water partition coefficient (Wildman–Crippen LogP) is 2.19. The molecule has 22 heavy (non-hydrogen) atoms. The second-order valence-electron chi connectivity index (χ2n) is 5.66. The highest BCUT2D eigenvalue weighted by molar-refractivity contribution is 5.79. The van der Waals surface area contributed by atoms with Crippen LogP contribution in [0.2, 0.25) is 0 Å². The quantitative estimate of drug-likeness (QED) is 0.541. The first-order valence-corrected chi connectivity index (χ1v) is 8.23. The van der Waals surface area contributed by atoms with Crippen LogP contribution >= 0.6 is 0 Å². The van der Waals surface area contributed by atoms with Crippen molar-refractivity contribution in [3.05, 3.63) is 17.5 Å². The van der Waals surface area contributed by atoms with Gasteiger partial charge < -0.3 is 20.1 Å². The SMILES string of the molecule is CCCN(CC)CCNC(=NC)NCc1cc(C(C)C)no1. The van der Waals surface area contributed by atoms with Crippen molar-refractivity contribution in [1.29, 1.82) is 0 Å². The predicted molar refractivity (Wildman–Crippen MR) is 91.2 cm³/mol. The van der Waals surface area contributed by atoms with Crippen LogP contribution in [0.4, 0.5) is 0 Å². The maximum atomic E-state index is 5.31. The minimum atomic E-state index is 0.383. The zero-order valence-corrected chi connectivity index (χ0v) is 14.6. The molecule has 0 spiro atoms. The van der Waals surface area contributed by atoms with E-state index in [1.807, 2.05) is 6.07 Å². The molecule has 0 saturated carbocycles. The Morgan fingerprint density at radius 2 is 2.09 bits per heavy atom. The first-order chi connectivity index (χ1) is 10.6. The van der Waals surface area contributed by atoms with Crippen molar-refractivity contribution in [1.82, 2.24) is 20.7 Å². The van der Waals surface area contributed by atoms with E-state index >= 15 is 0 Å². The lowest BCUT2D eigenvalue weighted by Crippen LogP contribution is -2.41. The number of guanidine groups is 1. The van der Waals surface area contributed by atoms with Crippen LogP contribution < -0.4 is 10.6 Å². The van der Waals surface area contributed by atoms with Crippen LogP contribution in [-0.4, -0.2) is 49.2 Å². The van der Waals surface area contributed by atoms with E-state index in [-0.39, 0.29) is 0 Å². The van der Waals surface area contributed by atoms with Gasteiger partial charge in [-0.25, -0.2) is 0 Å². The Labute approximate surface area is 134 Å². The zero-order chi connectivity index (χ0) is 16.4. The Balaban J connectivity index is 2.33. The summed E-state index contributed by atoms with van der Waals surface area (Å²) in [6, 6.07) is 1.99. The van der Waals surface area contributed by atoms with Gasteiger partial charge >= 0.3 is 0 Å². The van der Waals surface area contributed by atoms with E-state index < -0.39 is 0 Å². The summed E-state index contributed by atoms with van der Waals surface area (Å²) in [5.41, 5.74) is 0.984. The second-order valence-corrected chi connectivity index (χ2v) is 5.66. The number of rotatable bonds is 9. The fourth-order valence-corrected chi connectivity index (χ4v) is 2.15. The van der Waals surface area contributed by atoms with Gasteiger partial charge in [0, 0.05) is 26.2 Å². The molecular formula is C16H31N5O. The summed E-state index contributed by atoms with van der Waals surface area (Å²) in [5, 5.41) is 10.6. The van der Waals surface area contributed by atoms with Crippen LogP contribution in [0.1, 0.15) is 51.5 Å². The van der Waals surface area contributed by atoms with Crippen LogP contribution in [0.5, 0.6) is 0 Å².